The van der Waals surface area contributed by atoms with E-state index in [-0.39, 0.29) is 11.4 Å². The maximum Gasteiger partial charge on any atom is 0.335 e. The molecule has 2 rings (SSSR count). The van der Waals surface area contributed by atoms with Crippen molar-refractivity contribution in [2.24, 2.45) is 0 Å². The molecule has 0 atom stereocenters. The fourth-order valence-corrected chi connectivity index (χ4v) is 1.72. The maximum atomic E-state index is 13.1. The molecular formula is C14H11FO2. The molecule has 3 heteroatoms. The van der Waals surface area contributed by atoms with Crippen LogP contribution in [0.3, 0.4) is 0 Å². The second-order valence-electron chi connectivity index (χ2n) is 3.85. The van der Waals surface area contributed by atoms with E-state index in [4.69, 9.17) is 5.11 Å². The Morgan fingerprint density at radius 1 is 1.18 bits per heavy atom. The van der Waals surface area contributed by atoms with Gasteiger partial charge in [0.2, 0.25) is 0 Å². The zero-order valence-corrected chi connectivity index (χ0v) is 9.27. The quantitative estimate of drug-likeness (QED) is 0.857. The molecule has 2 aromatic rings. The van der Waals surface area contributed by atoms with Crippen LogP contribution in [0.4, 0.5) is 4.39 Å². The molecule has 0 aliphatic rings. The molecule has 0 heterocycles. The lowest BCUT2D eigenvalue weighted by Crippen LogP contribution is -1.97. The van der Waals surface area contributed by atoms with Crippen molar-refractivity contribution in [1.82, 2.24) is 0 Å². The topological polar surface area (TPSA) is 37.3 Å². The fourth-order valence-electron chi connectivity index (χ4n) is 1.72. The van der Waals surface area contributed by atoms with E-state index in [9.17, 15) is 9.18 Å². The van der Waals surface area contributed by atoms with Crippen molar-refractivity contribution in [2.75, 3.05) is 0 Å². The Kier molecular flexibility index (Phi) is 2.91. The first-order chi connectivity index (χ1) is 8.08. The highest BCUT2D eigenvalue weighted by molar-refractivity contribution is 5.89. The fraction of sp³-hybridized carbons (Fsp3) is 0.0714. The summed E-state index contributed by atoms with van der Waals surface area (Å²) in [5, 5.41) is 8.93. The summed E-state index contributed by atoms with van der Waals surface area (Å²) in [6, 6.07) is 11.0. The van der Waals surface area contributed by atoms with Crippen molar-refractivity contribution in [1.29, 1.82) is 0 Å². The summed E-state index contributed by atoms with van der Waals surface area (Å²) in [5.74, 6) is -1.31. The minimum atomic E-state index is -0.984. The van der Waals surface area contributed by atoms with Gasteiger partial charge in [-0.1, -0.05) is 18.2 Å². The molecule has 86 valence electrons. The molecule has 1 N–H and O–H groups in total. The summed E-state index contributed by atoms with van der Waals surface area (Å²) in [6.07, 6.45) is 0. The molecular weight excluding hydrogens is 219 g/mol. The van der Waals surface area contributed by atoms with Crippen molar-refractivity contribution in [2.45, 2.75) is 6.92 Å². The molecule has 0 saturated carbocycles. The van der Waals surface area contributed by atoms with Gasteiger partial charge in [-0.2, -0.15) is 0 Å². The van der Waals surface area contributed by atoms with Crippen molar-refractivity contribution < 1.29 is 14.3 Å². The molecule has 0 aliphatic carbocycles. The molecule has 0 unspecified atom stereocenters. The average molecular weight is 230 g/mol. The number of carboxylic acid groups (broad SMARTS) is 1. The summed E-state index contributed by atoms with van der Waals surface area (Å²) in [5.41, 5.74) is 2.55. The summed E-state index contributed by atoms with van der Waals surface area (Å²) < 4.78 is 13.1. The summed E-state index contributed by atoms with van der Waals surface area (Å²) in [7, 11) is 0. The number of aromatic carboxylic acids is 1. The number of carboxylic acids is 1. The van der Waals surface area contributed by atoms with Crippen LogP contribution in [0.25, 0.3) is 11.1 Å². The molecule has 17 heavy (non-hydrogen) atoms. The second kappa shape index (κ2) is 4.37. The normalized spacial score (nSPS) is 10.2. The Bertz CT molecular complexity index is 576. The molecule has 0 fully saturated rings. The van der Waals surface area contributed by atoms with Crippen LogP contribution < -0.4 is 0 Å². The lowest BCUT2D eigenvalue weighted by atomic mass is 9.98. The largest absolute Gasteiger partial charge is 0.478 e. The van der Waals surface area contributed by atoms with Crippen LogP contribution in [-0.4, -0.2) is 11.1 Å². The maximum absolute atomic E-state index is 13.1. The van der Waals surface area contributed by atoms with Crippen LogP contribution in [-0.2, 0) is 0 Å². The van der Waals surface area contributed by atoms with Crippen molar-refractivity contribution in [3.8, 4) is 11.1 Å². The average Bonchev–Trinajstić information content (AvgIpc) is 2.29. The van der Waals surface area contributed by atoms with Gasteiger partial charge in [0.15, 0.2) is 0 Å². The molecule has 0 aliphatic heterocycles. The van der Waals surface area contributed by atoms with E-state index in [0.29, 0.717) is 5.56 Å². The summed E-state index contributed by atoms with van der Waals surface area (Å²) >= 11 is 0. The monoisotopic (exact) mass is 230 g/mol. The summed E-state index contributed by atoms with van der Waals surface area (Å²) in [4.78, 5) is 10.9. The lowest BCUT2D eigenvalue weighted by Gasteiger charge is -2.07. The van der Waals surface area contributed by atoms with E-state index in [1.54, 1.807) is 30.3 Å². The number of carbonyl (C=O) groups is 1. The van der Waals surface area contributed by atoms with Gasteiger partial charge >= 0.3 is 5.97 Å². The van der Waals surface area contributed by atoms with Crippen LogP contribution in [0.2, 0.25) is 0 Å². The first-order valence-electron chi connectivity index (χ1n) is 5.18. The second-order valence-corrected chi connectivity index (χ2v) is 3.85. The Balaban J connectivity index is 2.58. The van der Waals surface area contributed by atoms with Gasteiger partial charge in [0.25, 0.3) is 0 Å². The van der Waals surface area contributed by atoms with E-state index < -0.39 is 5.97 Å². The number of hydrogen-bond donors (Lipinski definition) is 1. The van der Waals surface area contributed by atoms with Crippen molar-refractivity contribution in [3.05, 3.63) is 59.4 Å². The van der Waals surface area contributed by atoms with Gasteiger partial charge in [-0.05, 0) is 47.9 Å². The minimum Gasteiger partial charge on any atom is -0.478 e. The predicted molar refractivity (Wildman–Crippen MR) is 63.5 cm³/mol. The Morgan fingerprint density at radius 2 is 1.94 bits per heavy atom. The zero-order valence-electron chi connectivity index (χ0n) is 9.27. The van der Waals surface area contributed by atoms with Crippen LogP contribution in [0.1, 0.15) is 15.9 Å². The number of benzene rings is 2. The molecule has 0 aromatic heterocycles. The molecule has 0 saturated heterocycles. The van der Waals surface area contributed by atoms with Gasteiger partial charge in [0, 0.05) is 0 Å². The standard InChI is InChI=1S/C14H11FO2/c1-9-5-6-11(14(16)17)8-13(9)10-3-2-4-12(15)7-10/h2-8H,1H3,(H,16,17). The van der Waals surface area contributed by atoms with Crippen LogP contribution in [0.5, 0.6) is 0 Å². The third-order valence-corrected chi connectivity index (χ3v) is 2.62. The SMILES string of the molecule is Cc1ccc(C(=O)O)cc1-c1cccc(F)c1. The van der Waals surface area contributed by atoms with Gasteiger partial charge in [0.1, 0.15) is 5.82 Å². The van der Waals surface area contributed by atoms with Crippen LogP contribution in [0.15, 0.2) is 42.5 Å². The number of aryl methyl sites for hydroxylation is 1. The Hall–Kier alpha value is -2.16. The molecule has 0 spiro atoms. The van der Waals surface area contributed by atoms with E-state index in [1.807, 2.05) is 6.92 Å². The zero-order chi connectivity index (χ0) is 12.4. The van der Waals surface area contributed by atoms with Gasteiger partial charge in [-0.3, -0.25) is 0 Å². The third kappa shape index (κ3) is 2.33. The highest BCUT2D eigenvalue weighted by Crippen LogP contribution is 2.25. The predicted octanol–water partition coefficient (Wildman–Crippen LogP) is 3.50. The van der Waals surface area contributed by atoms with E-state index in [1.165, 1.54) is 12.1 Å². The Labute approximate surface area is 98.3 Å². The molecule has 0 amide bonds. The molecule has 2 aromatic carbocycles. The molecule has 0 bridgehead atoms. The van der Waals surface area contributed by atoms with Gasteiger partial charge in [-0.15, -0.1) is 0 Å². The van der Waals surface area contributed by atoms with E-state index in [2.05, 4.69) is 0 Å². The minimum absolute atomic E-state index is 0.204. The van der Waals surface area contributed by atoms with Crippen LogP contribution >= 0.6 is 0 Å². The van der Waals surface area contributed by atoms with Gasteiger partial charge in [-0.25, -0.2) is 9.18 Å². The number of rotatable bonds is 2. The van der Waals surface area contributed by atoms with E-state index in [0.717, 1.165) is 11.1 Å². The van der Waals surface area contributed by atoms with E-state index >= 15 is 0 Å². The first-order valence-corrected chi connectivity index (χ1v) is 5.18. The van der Waals surface area contributed by atoms with Crippen molar-refractivity contribution in [3.63, 3.8) is 0 Å². The van der Waals surface area contributed by atoms with Crippen LogP contribution in [0, 0.1) is 12.7 Å². The highest BCUT2D eigenvalue weighted by Gasteiger charge is 2.08. The number of halogens is 1. The number of hydrogen-bond acceptors (Lipinski definition) is 1. The smallest absolute Gasteiger partial charge is 0.335 e. The summed E-state index contributed by atoms with van der Waals surface area (Å²) in [6.45, 7) is 1.87. The first kappa shape index (κ1) is 11.3. The van der Waals surface area contributed by atoms with Gasteiger partial charge in [0.05, 0.1) is 5.56 Å². The lowest BCUT2D eigenvalue weighted by molar-refractivity contribution is 0.0697. The van der Waals surface area contributed by atoms with Crippen molar-refractivity contribution >= 4 is 5.97 Å². The third-order valence-electron chi connectivity index (χ3n) is 2.62. The molecule has 2 nitrogen and oxygen atoms in total. The Morgan fingerprint density at radius 3 is 2.59 bits per heavy atom. The highest BCUT2D eigenvalue weighted by atomic mass is 19.1. The van der Waals surface area contributed by atoms with Gasteiger partial charge < -0.3 is 5.11 Å². The molecule has 0 radical (unpaired) electrons.